The van der Waals surface area contributed by atoms with Crippen LogP contribution in [0, 0.1) is 11.3 Å². The van der Waals surface area contributed by atoms with Crippen LogP contribution in [-0.2, 0) is 4.74 Å². The van der Waals surface area contributed by atoms with Gasteiger partial charge in [0.1, 0.15) is 0 Å². The summed E-state index contributed by atoms with van der Waals surface area (Å²) in [5.41, 5.74) is 0.450. The van der Waals surface area contributed by atoms with Crippen molar-refractivity contribution in [3.05, 3.63) is 0 Å². The Bertz CT molecular complexity index is 189. The van der Waals surface area contributed by atoms with Crippen molar-refractivity contribution < 1.29 is 4.74 Å². The maximum Gasteiger partial charge on any atom is 0.0618 e. The van der Waals surface area contributed by atoms with E-state index in [-0.39, 0.29) is 0 Å². The zero-order chi connectivity index (χ0) is 10.0. The first-order chi connectivity index (χ1) is 6.79. The van der Waals surface area contributed by atoms with Crippen molar-refractivity contribution in [2.45, 2.75) is 45.1 Å². The lowest BCUT2D eigenvalue weighted by atomic mass is 9.69. The third kappa shape index (κ3) is 1.59. The van der Waals surface area contributed by atoms with Gasteiger partial charge in [-0.15, -0.1) is 0 Å². The van der Waals surface area contributed by atoms with E-state index in [1.54, 1.807) is 0 Å². The van der Waals surface area contributed by atoms with Crippen LogP contribution in [0.15, 0.2) is 0 Å². The molecule has 2 fully saturated rings. The van der Waals surface area contributed by atoms with Gasteiger partial charge >= 0.3 is 0 Å². The molecule has 2 aliphatic rings. The van der Waals surface area contributed by atoms with E-state index in [9.17, 15) is 0 Å². The van der Waals surface area contributed by atoms with Crippen LogP contribution in [0.4, 0.5) is 0 Å². The van der Waals surface area contributed by atoms with Crippen molar-refractivity contribution in [1.29, 1.82) is 0 Å². The van der Waals surface area contributed by atoms with Crippen LogP contribution in [-0.4, -0.2) is 26.3 Å². The fraction of sp³-hybridized carbons (Fsp3) is 1.00. The lowest BCUT2D eigenvalue weighted by molar-refractivity contribution is 0.0303. The Morgan fingerprint density at radius 2 is 2.07 bits per heavy atom. The number of hydrogen-bond acceptors (Lipinski definition) is 2. The standard InChI is InChI=1S/C12H23NO/c1-10-12(9-13-2,7-8-14-10)11-5-3-4-6-11/h10-11,13H,3-9H2,1-2H3. The van der Waals surface area contributed by atoms with Gasteiger partial charge in [-0.3, -0.25) is 0 Å². The van der Waals surface area contributed by atoms with Gasteiger partial charge in [0, 0.05) is 18.6 Å². The van der Waals surface area contributed by atoms with Gasteiger partial charge in [-0.25, -0.2) is 0 Å². The molecule has 1 heterocycles. The highest BCUT2D eigenvalue weighted by Crippen LogP contribution is 2.48. The molecule has 1 aliphatic carbocycles. The monoisotopic (exact) mass is 197 g/mol. The van der Waals surface area contributed by atoms with E-state index in [1.807, 2.05) is 0 Å². The second-order valence-electron chi connectivity index (χ2n) is 5.01. The molecule has 14 heavy (non-hydrogen) atoms. The molecule has 2 unspecified atom stereocenters. The molecule has 1 saturated carbocycles. The van der Waals surface area contributed by atoms with Gasteiger partial charge in [0.25, 0.3) is 0 Å². The normalized spacial score (nSPS) is 39.4. The highest BCUT2D eigenvalue weighted by molar-refractivity contribution is 4.97. The molecule has 0 radical (unpaired) electrons. The molecule has 0 aromatic rings. The third-order valence-electron chi connectivity index (χ3n) is 4.42. The van der Waals surface area contributed by atoms with Crippen molar-refractivity contribution in [2.24, 2.45) is 11.3 Å². The molecule has 0 aromatic heterocycles. The molecule has 2 rings (SSSR count). The minimum Gasteiger partial charge on any atom is -0.378 e. The summed E-state index contributed by atoms with van der Waals surface area (Å²) in [5, 5.41) is 3.38. The summed E-state index contributed by atoms with van der Waals surface area (Å²) in [6.07, 6.45) is 7.44. The second-order valence-corrected chi connectivity index (χ2v) is 5.01. The van der Waals surface area contributed by atoms with Crippen LogP contribution >= 0.6 is 0 Å². The molecule has 0 amide bonds. The van der Waals surface area contributed by atoms with Crippen molar-refractivity contribution >= 4 is 0 Å². The predicted octanol–water partition coefficient (Wildman–Crippen LogP) is 2.19. The van der Waals surface area contributed by atoms with Crippen LogP contribution in [0.3, 0.4) is 0 Å². The molecule has 2 heteroatoms. The van der Waals surface area contributed by atoms with Crippen molar-refractivity contribution in [1.82, 2.24) is 5.32 Å². The van der Waals surface area contributed by atoms with E-state index in [0.717, 1.165) is 19.1 Å². The van der Waals surface area contributed by atoms with Crippen LogP contribution in [0.2, 0.25) is 0 Å². The average Bonchev–Trinajstić information content (AvgIpc) is 2.77. The first-order valence-corrected chi connectivity index (χ1v) is 6.06. The molecule has 0 aromatic carbocycles. The Morgan fingerprint density at radius 3 is 2.57 bits per heavy atom. The first-order valence-electron chi connectivity index (χ1n) is 6.06. The molecular weight excluding hydrogens is 174 g/mol. The molecule has 0 spiro atoms. The van der Waals surface area contributed by atoms with Gasteiger partial charge in [0.15, 0.2) is 0 Å². The fourth-order valence-corrected chi connectivity index (χ4v) is 3.54. The lowest BCUT2D eigenvalue weighted by Crippen LogP contribution is -2.43. The summed E-state index contributed by atoms with van der Waals surface area (Å²) in [5.74, 6) is 0.910. The Balaban J connectivity index is 2.11. The number of nitrogens with one attached hydrogen (secondary N) is 1. The third-order valence-corrected chi connectivity index (χ3v) is 4.42. The van der Waals surface area contributed by atoms with Crippen molar-refractivity contribution in [3.8, 4) is 0 Å². The zero-order valence-corrected chi connectivity index (χ0v) is 9.51. The minimum atomic E-state index is 0.450. The van der Waals surface area contributed by atoms with E-state index in [0.29, 0.717) is 11.5 Å². The summed E-state index contributed by atoms with van der Waals surface area (Å²) in [4.78, 5) is 0. The molecule has 2 atom stereocenters. The zero-order valence-electron chi connectivity index (χ0n) is 9.51. The molecule has 1 saturated heterocycles. The number of rotatable bonds is 3. The van der Waals surface area contributed by atoms with E-state index in [2.05, 4.69) is 19.3 Å². The largest absolute Gasteiger partial charge is 0.378 e. The SMILES string of the molecule is CNCC1(C2CCCC2)CCOC1C. The van der Waals surface area contributed by atoms with Crippen LogP contribution in [0.1, 0.15) is 39.0 Å². The summed E-state index contributed by atoms with van der Waals surface area (Å²) < 4.78 is 5.79. The van der Waals surface area contributed by atoms with Gasteiger partial charge in [0.2, 0.25) is 0 Å². The maximum absolute atomic E-state index is 5.79. The van der Waals surface area contributed by atoms with Gasteiger partial charge in [0.05, 0.1) is 6.10 Å². The van der Waals surface area contributed by atoms with E-state index in [4.69, 9.17) is 4.74 Å². The molecule has 82 valence electrons. The summed E-state index contributed by atoms with van der Waals surface area (Å²) in [7, 11) is 2.07. The fourth-order valence-electron chi connectivity index (χ4n) is 3.54. The maximum atomic E-state index is 5.79. The smallest absolute Gasteiger partial charge is 0.0618 e. The van der Waals surface area contributed by atoms with Gasteiger partial charge in [-0.2, -0.15) is 0 Å². The van der Waals surface area contributed by atoms with Crippen LogP contribution < -0.4 is 5.32 Å². The number of hydrogen-bond donors (Lipinski definition) is 1. The van der Waals surface area contributed by atoms with Crippen LogP contribution in [0.5, 0.6) is 0 Å². The average molecular weight is 197 g/mol. The molecular formula is C12H23NO. The highest BCUT2D eigenvalue weighted by Gasteiger charge is 2.47. The topological polar surface area (TPSA) is 21.3 Å². The molecule has 2 nitrogen and oxygen atoms in total. The second kappa shape index (κ2) is 4.19. The van der Waals surface area contributed by atoms with Crippen LogP contribution in [0.25, 0.3) is 0 Å². The van der Waals surface area contributed by atoms with Gasteiger partial charge in [-0.05, 0) is 39.2 Å². The van der Waals surface area contributed by atoms with E-state index in [1.165, 1.54) is 32.1 Å². The molecule has 1 N–H and O–H groups in total. The van der Waals surface area contributed by atoms with E-state index < -0.39 is 0 Å². The molecule has 1 aliphatic heterocycles. The Morgan fingerprint density at radius 1 is 1.36 bits per heavy atom. The number of ether oxygens (including phenoxy) is 1. The summed E-state index contributed by atoms with van der Waals surface area (Å²) >= 11 is 0. The van der Waals surface area contributed by atoms with E-state index >= 15 is 0 Å². The Labute approximate surface area is 87.4 Å². The minimum absolute atomic E-state index is 0.450. The Hall–Kier alpha value is -0.0800. The Kier molecular flexibility index (Phi) is 3.13. The van der Waals surface area contributed by atoms with Crippen molar-refractivity contribution in [2.75, 3.05) is 20.2 Å². The molecule has 0 bridgehead atoms. The predicted molar refractivity (Wildman–Crippen MR) is 58.3 cm³/mol. The highest BCUT2D eigenvalue weighted by atomic mass is 16.5. The summed E-state index contributed by atoms with van der Waals surface area (Å²) in [6.45, 7) is 4.38. The quantitative estimate of drug-likeness (QED) is 0.749. The van der Waals surface area contributed by atoms with Gasteiger partial charge in [-0.1, -0.05) is 12.8 Å². The first kappa shape index (κ1) is 10.4. The van der Waals surface area contributed by atoms with Crippen molar-refractivity contribution in [3.63, 3.8) is 0 Å². The van der Waals surface area contributed by atoms with Gasteiger partial charge < -0.3 is 10.1 Å². The summed E-state index contributed by atoms with van der Waals surface area (Å²) in [6, 6.07) is 0. The lowest BCUT2D eigenvalue weighted by Gasteiger charge is -2.38.